The molecule has 2 rings (SSSR count). The van der Waals surface area contributed by atoms with Crippen molar-refractivity contribution in [1.29, 1.82) is 0 Å². The number of hydrogen-bond donors (Lipinski definition) is 0. The number of cyclic esters (lactones) is 1. The molecule has 1 aromatic rings. The first-order chi connectivity index (χ1) is 12.4. The Morgan fingerprint density at radius 2 is 2.15 bits per heavy atom. The van der Waals surface area contributed by atoms with Gasteiger partial charge in [-0.1, -0.05) is 23.6 Å². The molecule has 1 atom stereocenters. The van der Waals surface area contributed by atoms with Crippen LogP contribution >= 0.6 is 11.6 Å². The van der Waals surface area contributed by atoms with Gasteiger partial charge in [0, 0.05) is 6.08 Å². The minimum absolute atomic E-state index is 0.0165. The number of allylic oxidation sites excluding steroid dienone is 3. The summed E-state index contributed by atoms with van der Waals surface area (Å²) in [5, 5.41) is 0.235. The van der Waals surface area contributed by atoms with Gasteiger partial charge in [0.05, 0.1) is 12.1 Å². The Hall–Kier alpha value is -3.04. The predicted molar refractivity (Wildman–Crippen MR) is 94.7 cm³/mol. The molecule has 1 heterocycles. The Kier molecular flexibility index (Phi) is 6.21. The van der Waals surface area contributed by atoms with Gasteiger partial charge < -0.3 is 14.2 Å². The Morgan fingerprint density at radius 1 is 1.42 bits per heavy atom. The monoisotopic (exact) mass is 374 g/mol. The number of carbonyl (C=O) groups excluding carboxylic acids is 3. The molecule has 0 saturated carbocycles. The summed E-state index contributed by atoms with van der Waals surface area (Å²) in [7, 11) is 1.43. The van der Waals surface area contributed by atoms with E-state index < -0.39 is 23.5 Å². The second-order valence-electron chi connectivity index (χ2n) is 5.27. The van der Waals surface area contributed by atoms with Gasteiger partial charge in [-0.15, -0.1) is 6.42 Å². The topological polar surface area (TPSA) is 78.9 Å². The molecule has 7 heteroatoms. The molecule has 0 amide bonds. The van der Waals surface area contributed by atoms with Gasteiger partial charge in [-0.2, -0.15) is 0 Å². The third-order valence-electron chi connectivity index (χ3n) is 3.40. The van der Waals surface area contributed by atoms with Gasteiger partial charge in [0.15, 0.2) is 29.0 Å². The number of benzene rings is 1. The maximum Gasteiger partial charge on any atom is 0.329 e. The molecule has 0 aliphatic carbocycles. The van der Waals surface area contributed by atoms with Crippen molar-refractivity contribution in [1.82, 2.24) is 0 Å². The average molecular weight is 375 g/mol. The fraction of sp³-hybridized carbons (Fsp3) is 0.211. The first kappa shape index (κ1) is 19.3. The van der Waals surface area contributed by atoms with E-state index in [1.54, 1.807) is 6.07 Å². The van der Waals surface area contributed by atoms with Crippen molar-refractivity contribution < 1.29 is 28.6 Å². The first-order valence-corrected chi connectivity index (χ1v) is 7.84. The summed E-state index contributed by atoms with van der Waals surface area (Å²) in [6.07, 6.45) is 8.80. The number of carbonyl (C=O) groups is 3. The lowest BCUT2D eigenvalue weighted by Gasteiger charge is -2.15. The third kappa shape index (κ3) is 4.32. The van der Waals surface area contributed by atoms with Gasteiger partial charge >= 0.3 is 5.97 Å². The van der Waals surface area contributed by atoms with Crippen LogP contribution in [0.5, 0.6) is 11.5 Å². The van der Waals surface area contributed by atoms with Crippen LogP contribution in [0.1, 0.15) is 12.5 Å². The van der Waals surface area contributed by atoms with Crippen LogP contribution in [0.4, 0.5) is 0 Å². The highest BCUT2D eigenvalue weighted by Gasteiger charge is 2.36. The van der Waals surface area contributed by atoms with E-state index in [1.807, 2.05) is 0 Å². The zero-order valence-electron chi connectivity index (χ0n) is 14.1. The minimum Gasteiger partial charge on any atom is -0.493 e. The molecular formula is C19H15ClO6. The molecule has 134 valence electrons. The SMILES string of the molecule is C#CCOc1c(Cl)cc(/C=C/C(=O)[C@@H]2C(=O)C=C(C)OC2=O)cc1OC. The van der Waals surface area contributed by atoms with Crippen molar-refractivity contribution in [3.8, 4) is 23.8 Å². The molecule has 0 spiro atoms. The summed E-state index contributed by atoms with van der Waals surface area (Å²) in [5.74, 6) is -0.597. The maximum atomic E-state index is 12.2. The Labute approximate surface area is 155 Å². The lowest BCUT2D eigenvalue weighted by atomic mass is 9.96. The van der Waals surface area contributed by atoms with Crippen LogP contribution in [0, 0.1) is 18.3 Å². The van der Waals surface area contributed by atoms with E-state index in [2.05, 4.69) is 5.92 Å². The van der Waals surface area contributed by atoms with Crippen LogP contribution in [0.3, 0.4) is 0 Å². The molecule has 1 aromatic carbocycles. The van der Waals surface area contributed by atoms with Gasteiger partial charge in [-0.25, -0.2) is 0 Å². The number of halogens is 1. The number of ketones is 2. The van der Waals surface area contributed by atoms with Gasteiger partial charge in [0.25, 0.3) is 0 Å². The van der Waals surface area contributed by atoms with Crippen LogP contribution in [0.15, 0.2) is 30.0 Å². The van der Waals surface area contributed by atoms with Gasteiger partial charge in [0.2, 0.25) is 0 Å². The summed E-state index contributed by atoms with van der Waals surface area (Å²) in [5.41, 5.74) is 0.511. The standard InChI is InChI=1S/C19H15ClO6/c1-4-7-25-18-13(20)9-12(10-16(18)24-3)5-6-14(21)17-15(22)8-11(2)26-19(17)23/h1,5-6,8-10,17H,7H2,2-3H3/b6-5+/t17-/m1/s1. The molecule has 26 heavy (non-hydrogen) atoms. The Balaban J connectivity index is 2.24. The zero-order valence-corrected chi connectivity index (χ0v) is 14.8. The van der Waals surface area contributed by atoms with Crippen LogP contribution in [0.2, 0.25) is 5.02 Å². The number of hydrogen-bond acceptors (Lipinski definition) is 6. The van der Waals surface area contributed by atoms with E-state index >= 15 is 0 Å². The van der Waals surface area contributed by atoms with Crippen LogP contribution in [0.25, 0.3) is 6.08 Å². The molecule has 0 N–H and O–H groups in total. The number of rotatable bonds is 6. The summed E-state index contributed by atoms with van der Waals surface area (Å²) in [4.78, 5) is 35.8. The summed E-state index contributed by atoms with van der Waals surface area (Å²) in [6.45, 7) is 1.48. The molecule has 0 fully saturated rings. The second-order valence-corrected chi connectivity index (χ2v) is 5.68. The van der Waals surface area contributed by atoms with Gasteiger partial charge in [-0.3, -0.25) is 14.4 Å². The quantitative estimate of drug-likeness (QED) is 0.329. The van der Waals surface area contributed by atoms with E-state index in [-0.39, 0.29) is 23.1 Å². The normalized spacial score (nSPS) is 16.7. The van der Waals surface area contributed by atoms with E-state index in [0.717, 1.165) is 12.2 Å². The second kappa shape index (κ2) is 8.37. The van der Waals surface area contributed by atoms with Crippen molar-refractivity contribution >= 4 is 35.2 Å². The summed E-state index contributed by atoms with van der Waals surface area (Å²) >= 11 is 6.15. The van der Waals surface area contributed by atoms with Crippen molar-refractivity contribution in [2.75, 3.05) is 13.7 Å². The highest BCUT2D eigenvalue weighted by atomic mass is 35.5. The van der Waals surface area contributed by atoms with E-state index in [1.165, 1.54) is 26.2 Å². The number of terminal acetylenes is 1. The van der Waals surface area contributed by atoms with Gasteiger partial charge in [0.1, 0.15) is 12.4 Å². The molecule has 1 aliphatic heterocycles. The third-order valence-corrected chi connectivity index (χ3v) is 3.68. The molecule has 0 bridgehead atoms. The highest BCUT2D eigenvalue weighted by molar-refractivity contribution is 6.32. The van der Waals surface area contributed by atoms with E-state index in [9.17, 15) is 14.4 Å². The van der Waals surface area contributed by atoms with Crippen molar-refractivity contribution in [2.24, 2.45) is 5.92 Å². The number of esters is 1. The van der Waals surface area contributed by atoms with Crippen molar-refractivity contribution in [3.05, 3.63) is 40.6 Å². The van der Waals surface area contributed by atoms with Crippen LogP contribution in [-0.2, 0) is 19.1 Å². The van der Waals surface area contributed by atoms with E-state index in [0.29, 0.717) is 11.3 Å². The fourth-order valence-corrected chi connectivity index (χ4v) is 2.54. The highest BCUT2D eigenvalue weighted by Crippen LogP contribution is 2.36. The summed E-state index contributed by atoms with van der Waals surface area (Å²) in [6, 6.07) is 3.11. The number of ether oxygens (including phenoxy) is 3. The predicted octanol–water partition coefficient (Wildman–Crippen LogP) is 2.59. The Bertz CT molecular complexity index is 860. The molecule has 6 nitrogen and oxygen atoms in total. The molecule has 0 saturated heterocycles. The van der Waals surface area contributed by atoms with Crippen LogP contribution < -0.4 is 9.47 Å². The van der Waals surface area contributed by atoms with Crippen molar-refractivity contribution in [2.45, 2.75) is 6.92 Å². The maximum absolute atomic E-state index is 12.2. The number of methoxy groups -OCH3 is 1. The lowest BCUT2D eigenvalue weighted by molar-refractivity contribution is -0.151. The van der Waals surface area contributed by atoms with E-state index in [4.69, 9.17) is 32.2 Å². The van der Waals surface area contributed by atoms with Crippen molar-refractivity contribution in [3.63, 3.8) is 0 Å². The first-order valence-electron chi connectivity index (χ1n) is 7.47. The molecular weight excluding hydrogens is 360 g/mol. The molecule has 0 unspecified atom stereocenters. The smallest absolute Gasteiger partial charge is 0.329 e. The minimum atomic E-state index is -1.49. The average Bonchev–Trinajstić information content (AvgIpc) is 2.57. The molecule has 0 aromatic heterocycles. The lowest BCUT2D eigenvalue weighted by Crippen LogP contribution is -2.34. The van der Waals surface area contributed by atoms with Crippen LogP contribution in [-0.4, -0.2) is 31.3 Å². The molecule has 1 aliphatic rings. The zero-order chi connectivity index (χ0) is 19.3. The Morgan fingerprint density at radius 3 is 2.77 bits per heavy atom. The molecule has 0 radical (unpaired) electrons. The fourth-order valence-electron chi connectivity index (χ4n) is 2.27. The summed E-state index contributed by atoms with van der Waals surface area (Å²) < 4.78 is 15.3. The largest absolute Gasteiger partial charge is 0.493 e. The van der Waals surface area contributed by atoms with Gasteiger partial charge in [-0.05, 0) is 30.7 Å².